The number of ether oxygens (including phenoxy) is 2. The van der Waals surface area contributed by atoms with Crippen LogP contribution in [0.3, 0.4) is 0 Å². The molecule has 0 aliphatic carbocycles. The Balaban J connectivity index is 1.76. The molecule has 1 saturated heterocycles. The average Bonchev–Trinajstić information content (AvgIpc) is 2.89. The lowest BCUT2D eigenvalue weighted by molar-refractivity contribution is -0.132. The molecule has 0 spiro atoms. The van der Waals surface area contributed by atoms with Crippen LogP contribution >= 0.6 is 0 Å². The van der Waals surface area contributed by atoms with Crippen LogP contribution < -0.4 is 0 Å². The molecule has 0 saturated carbocycles. The zero-order chi connectivity index (χ0) is 16.8. The summed E-state index contributed by atoms with van der Waals surface area (Å²) < 4.78 is 16.3. The number of amides is 1. The smallest absolute Gasteiger partial charge is 0.339 e. The van der Waals surface area contributed by atoms with E-state index in [0.717, 1.165) is 12.8 Å². The number of carboxylic acid groups (broad SMARTS) is 1. The maximum Gasteiger partial charge on any atom is 0.339 e. The van der Waals surface area contributed by atoms with E-state index in [1.807, 2.05) is 0 Å². The average molecular weight is 325 g/mol. The number of hydrogen-bond donors (Lipinski definition) is 1. The SMILES string of the molecule is Cc1oc(CN(C)C(=O)CCOC2CCOCC2)cc1C(=O)O. The summed E-state index contributed by atoms with van der Waals surface area (Å²) in [4.78, 5) is 24.6. The van der Waals surface area contributed by atoms with Gasteiger partial charge in [-0.2, -0.15) is 0 Å². The van der Waals surface area contributed by atoms with Crippen molar-refractivity contribution in [3.8, 4) is 0 Å². The fourth-order valence-electron chi connectivity index (χ4n) is 2.50. The maximum atomic E-state index is 12.1. The molecule has 128 valence electrons. The summed E-state index contributed by atoms with van der Waals surface area (Å²) in [5.41, 5.74) is 0.128. The molecule has 1 N–H and O–H groups in total. The minimum atomic E-state index is -1.03. The van der Waals surface area contributed by atoms with Crippen LogP contribution in [0.25, 0.3) is 0 Å². The van der Waals surface area contributed by atoms with Crippen molar-refractivity contribution in [1.29, 1.82) is 0 Å². The summed E-state index contributed by atoms with van der Waals surface area (Å²) in [6, 6.07) is 1.46. The van der Waals surface area contributed by atoms with Crippen molar-refractivity contribution < 1.29 is 28.6 Å². The zero-order valence-electron chi connectivity index (χ0n) is 13.5. The first-order valence-electron chi connectivity index (χ1n) is 7.73. The van der Waals surface area contributed by atoms with E-state index in [4.69, 9.17) is 19.0 Å². The largest absolute Gasteiger partial charge is 0.478 e. The van der Waals surface area contributed by atoms with Gasteiger partial charge in [-0.3, -0.25) is 4.79 Å². The van der Waals surface area contributed by atoms with Crippen molar-refractivity contribution in [1.82, 2.24) is 4.90 Å². The molecule has 7 nitrogen and oxygen atoms in total. The third-order valence-electron chi connectivity index (χ3n) is 3.86. The molecule has 0 unspecified atom stereocenters. The van der Waals surface area contributed by atoms with Crippen LogP contribution in [0.5, 0.6) is 0 Å². The van der Waals surface area contributed by atoms with E-state index in [1.165, 1.54) is 11.0 Å². The summed E-state index contributed by atoms with van der Waals surface area (Å²) in [5.74, 6) is -0.295. The number of aryl methyl sites for hydroxylation is 1. The van der Waals surface area contributed by atoms with E-state index in [0.29, 0.717) is 37.8 Å². The molecule has 1 amide bonds. The summed E-state index contributed by atoms with van der Waals surface area (Å²) in [6.45, 7) is 3.64. The van der Waals surface area contributed by atoms with Gasteiger partial charge in [0, 0.05) is 20.3 Å². The lowest BCUT2D eigenvalue weighted by atomic mass is 10.1. The van der Waals surface area contributed by atoms with Crippen LogP contribution in [0.1, 0.15) is 41.1 Å². The Morgan fingerprint density at radius 1 is 1.39 bits per heavy atom. The van der Waals surface area contributed by atoms with Gasteiger partial charge in [0.25, 0.3) is 0 Å². The Morgan fingerprint density at radius 2 is 2.09 bits per heavy atom. The molecule has 1 aromatic rings. The van der Waals surface area contributed by atoms with Crippen LogP contribution in [0, 0.1) is 6.92 Å². The van der Waals surface area contributed by atoms with Gasteiger partial charge in [-0.25, -0.2) is 4.79 Å². The number of furan rings is 1. The third-order valence-corrected chi connectivity index (χ3v) is 3.86. The van der Waals surface area contributed by atoms with Crippen molar-refractivity contribution in [2.24, 2.45) is 0 Å². The first kappa shape index (κ1) is 17.5. The van der Waals surface area contributed by atoms with E-state index in [-0.39, 0.29) is 24.1 Å². The third kappa shape index (κ3) is 5.07. The molecule has 0 radical (unpaired) electrons. The normalized spacial score (nSPS) is 15.6. The number of carbonyl (C=O) groups is 2. The number of aromatic carboxylic acids is 1. The number of hydrogen-bond acceptors (Lipinski definition) is 5. The fourth-order valence-corrected chi connectivity index (χ4v) is 2.50. The summed E-state index contributed by atoms with van der Waals surface area (Å²) >= 11 is 0. The highest BCUT2D eigenvalue weighted by atomic mass is 16.5. The first-order valence-corrected chi connectivity index (χ1v) is 7.73. The second kappa shape index (κ2) is 8.12. The van der Waals surface area contributed by atoms with Crippen LogP contribution in [0.2, 0.25) is 0 Å². The van der Waals surface area contributed by atoms with Gasteiger partial charge in [-0.15, -0.1) is 0 Å². The summed E-state index contributed by atoms with van der Waals surface area (Å²) in [6.07, 6.45) is 2.20. The number of nitrogens with zero attached hydrogens (tertiary/aromatic N) is 1. The van der Waals surface area contributed by atoms with Gasteiger partial charge in [0.05, 0.1) is 25.7 Å². The number of carboxylic acids is 1. The predicted molar refractivity (Wildman–Crippen MR) is 81.3 cm³/mol. The first-order chi connectivity index (χ1) is 11.0. The van der Waals surface area contributed by atoms with E-state index >= 15 is 0 Å². The van der Waals surface area contributed by atoms with Gasteiger partial charge in [-0.05, 0) is 25.8 Å². The Bertz CT molecular complexity index is 547. The van der Waals surface area contributed by atoms with Crippen molar-refractivity contribution in [3.63, 3.8) is 0 Å². The van der Waals surface area contributed by atoms with Gasteiger partial charge < -0.3 is 23.9 Å². The van der Waals surface area contributed by atoms with Crippen molar-refractivity contribution in [2.45, 2.75) is 38.8 Å². The lowest BCUT2D eigenvalue weighted by Crippen LogP contribution is -2.29. The molecule has 2 heterocycles. The van der Waals surface area contributed by atoms with E-state index in [9.17, 15) is 9.59 Å². The van der Waals surface area contributed by atoms with Crippen LogP contribution in [-0.2, 0) is 20.8 Å². The quantitative estimate of drug-likeness (QED) is 0.822. The second-order valence-electron chi connectivity index (χ2n) is 5.67. The minimum absolute atomic E-state index is 0.0667. The fraction of sp³-hybridized carbons (Fsp3) is 0.625. The van der Waals surface area contributed by atoms with E-state index < -0.39 is 5.97 Å². The van der Waals surface area contributed by atoms with Gasteiger partial charge in [0.1, 0.15) is 17.1 Å². The lowest BCUT2D eigenvalue weighted by Gasteiger charge is -2.23. The zero-order valence-corrected chi connectivity index (χ0v) is 13.5. The second-order valence-corrected chi connectivity index (χ2v) is 5.67. The number of rotatable bonds is 7. The van der Waals surface area contributed by atoms with Gasteiger partial charge in [0.15, 0.2) is 0 Å². The van der Waals surface area contributed by atoms with Crippen LogP contribution in [-0.4, -0.2) is 54.9 Å². The molecule has 1 fully saturated rings. The summed E-state index contributed by atoms with van der Waals surface area (Å²) in [7, 11) is 1.66. The highest BCUT2D eigenvalue weighted by molar-refractivity contribution is 5.88. The Kier molecular flexibility index (Phi) is 6.18. The van der Waals surface area contributed by atoms with Crippen LogP contribution in [0.4, 0.5) is 0 Å². The molecule has 0 atom stereocenters. The Morgan fingerprint density at radius 3 is 2.70 bits per heavy atom. The van der Waals surface area contributed by atoms with Gasteiger partial charge in [0.2, 0.25) is 5.91 Å². The highest BCUT2D eigenvalue weighted by Gasteiger charge is 2.18. The predicted octanol–water partition coefficient (Wildman–Crippen LogP) is 1.83. The molecule has 23 heavy (non-hydrogen) atoms. The standard InChI is InChI=1S/C16H23NO6/c1-11-14(16(19)20)9-13(23-11)10-17(2)15(18)5-8-22-12-3-6-21-7-4-12/h9,12H,3-8,10H2,1-2H3,(H,19,20). The molecular formula is C16H23NO6. The highest BCUT2D eigenvalue weighted by Crippen LogP contribution is 2.16. The molecule has 1 aliphatic rings. The molecule has 0 aromatic carbocycles. The summed E-state index contributed by atoms with van der Waals surface area (Å²) in [5, 5.41) is 9.00. The topological polar surface area (TPSA) is 89.2 Å². The van der Waals surface area contributed by atoms with Gasteiger partial charge >= 0.3 is 5.97 Å². The van der Waals surface area contributed by atoms with Crippen molar-refractivity contribution in [2.75, 3.05) is 26.9 Å². The molecular weight excluding hydrogens is 302 g/mol. The van der Waals surface area contributed by atoms with Crippen molar-refractivity contribution >= 4 is 11.9 Å². The van der Waals surface area contributed by atoms with E-state index in [1.54, 1.807) is 14.0 Å². The molecule has 0 bridgehead atoms. The van der Waals surface area contributed by atoms with E-state index in [2.05, 4.69) is 0 Å². The molecule has 1 aromatic heterocycles. The maximum absolute atomic E-state index is 12.1. The minimum Gasteiger partial charge on any atom is -0.478 e. The Labute approximate surface area is 135 Å². The molecule has 1 aliphatic heterocycles. The Hall–Kier alpha value is -1.86. The number of carbonyl (C=O) groups excluding carboxylic acids is 1. The van der Waals surface area contributed by atoms with Gasteiger partial charge in [-0.1, -0.05) is 0 Å². The molecule has 2 rings (SSSR count). The van der Waals surface area contributed by atoms with Crippen LogP contribution in [0.15, 0.2) is 10.5 Å². The molecule has 7 heteroatoms. The van der Waals surface area contributed by atoms with Crippen molar-refractivity contribution in [3.05, 3.63) is 23.2 Å². The monoisotopic (exact) mass is 325 g/mol.